The molecule has 2 aromatic rings. The van der Waals surface area contributed by atoms with Crippen LogP contribution in [0.4, 0.5) is 5.69 Å². The zero-order valence-corrected chi connectivity index (χ0v) is 15.2. The summed E-state index contributed by atoms with van der Waals surface area (Å²) in [4.78, 5) is 13.0. The van der Waals surface area contributed by atoms with Crippen LogP contribution in [0.1, 0.15) is 24.0 Å². The lowest BCUT2D eigenvalue weighted by Gasteiger charge is -2.24. The van der Waals surface area contributed by atoms with E-state index in [-0.39, 0.29) is 10.8 Å². The summed E-state index contributed by atoms with van der Waals surface area (Å²) in [6, 6.07) is 13.3. The summed E-state index contributed by atoms with van der Waals surface area (Å²) in [7, 11) is -3.67. The van der Waals surface area contributed by atoms with E-state index in [1.165, 1.54) is 4.31 Å². The van der Waals surface area contributed by atoms with E-state index in [1.807, 2.05) is 32.0 Å². The standard InChI is InChI=1S/C19H22N2O3S/c1-14-8-6-11-17(15(14)2)20-19(22)18-12-7-13-21(18)25(23,24)16-9-4-3-5-10-16/h3-6,8-11,18H,7,12-13H2,1-2H3,(H,20,22). The number of carbonyl (C=O) groups is 1. The van der Waals surface area contributed by atoms with Gasteiger partial charge in [0, 0.05) is 12.2 Å². The third-order valence-corrected chi connectivity index (χ3v) is 6.64. The quantitative estimate of drug-likeness (QED) is 0.913. The van der Waals surface area contributed by atoms with Gasteiger partial charge in [-0.3, -0.25) is 4.79 Å². The molecule has 3 rings (SSSR count). The molecule has 0 saturated carbocycles. The lowest BCUT2D eigenvalue weighted by molar-refractivity contribution is -0.119. The topological polar surface area (TPSA) is 66.5 Å². The van der Waals surface area contributed by atoms with E-state index < -0.39 is 16.1 Å². The molecule has 1 aliphatic heterocycles. The first-order chi connectivity index (χ1) is 11.9. The summed E-state index contributed by atoms with van der Waals surface area (Å²) in [6.07, 6.45) is 1.21. The van der Waals surface area contributed by atoms with E-state index in [0.717, 1.165) is 16.8 Å². The van der Waals surface area contributed by atoms with Crippen LogP contribution >= 0.6 is 0 Å². The number of rotatable bonds is 4. The number of benzene rings is 2. The average molecular weight is 358 g/mol. The number of nitrogens with one attached hydrogen (secondary N) is 1. The fourth-order valence-corrected chi connectivity index (χ4v) is 4.80. The third kappa shape index (κ3) is 3.45. The Hall–Kier alpha value is -2.18. The Balaban J connectivity index is 1.84. The van der Waals surface area contributed by atoms with Gasteiger partial charge < -0.3 is 5.32 Å². The summed E-state index contributed by atoms with van der Waals surface area (Å²) < 4.78 is 27.1. The summed E-state index contributed by atoms with van der Waals surface area (Å²) >= 11 is 0. The van der Waals surface area contributed by atoms with Crippen LogP contribution in [0.5, 0.6) is 0 Å². The monoisotopic (exact) mass is 358 g/mol. The number of hydrogen-bond acceptors (Lipinski definition) is 3. The second-order valence-corrected chi connectivity index (χ2v) is 8.21. The summed E-state index contributed by atoms with van der Waals surface area (Å²) in [5, 5.41) is 2.90. The fraction of sp³-hybridized carbons (Fsp3) is 0.316. The highest BCUT2D eigenvalue weighted by atomic mass is 32.2. The van der Waals surface area contributed by atoms with Crippen molar-refractivity contribution in [1.82, 2.24) is 4.31 Å². The van der Waals surface area contributed by atoms with Crippen LogP contribution in [-0.4, -0.2) is 31.2 Å². The van der Waals surface area contributed by atoms with Crippen LogP contribution in [0.3, 0.4) is 0 Å². The Bertz CT molecular complexity index is 879. The minimum Gasteiger partial charge on any atom is -0.324 e. The van der Waals surface area contributed by atoms with Gasteiger partial charge in [0.05, 0.1) is 4.90 Å². The second kappa shape index (κ2) is 6.98. The van der Waals surface area contributed by atoms with Crippen molar-refractivity contribution in [2.75, 3.05) is 11.9 Å². The van der Waals surface area contributed by atoms with E-state index in [0.29, 0.717) is 19.4 Å². The van der Waals surface area contributed by atoms with Gasteiger partial charge >= 0.3 is 0 Å². The summed E-state index contributed by atoms with van der Waals surface area (Å²) in [6.45, 7) is 4.28. The van der Waals surface area contributed by atoms with Gasteiger partial charge in [-0.25, -0.2) is 8.42 Å². The van der Waals surface area contributed by atoms with Gasteiger partial charge in [0.25, 0.3) is 0 Å². The van der Waals surface area contributed by atoms with Gasteiger partial charge in [0.15, 0.2) is 0 Å². The normalized spacial score (nSPS) is 18.2. The molecule has 2 aromatic carbocycles. The minimum absolute atomic E-state index is 0.224. The largest absolute Gasteiger partial charge is 0.324 e. The molecule has 0 radical (unpaired) electrons. The minimum atomic E-state index is -3.67. The van der Waals surface area contributed by atoms with Crippen LogP contribution < -0.4 is 5.32 Å². The molecule has 1 aliphatic rings. The molecule has 1 amide bonds. The van der Waals surface area contributed by atoms with Crippen LogP contribution in [0.2, 0.25) is 0 Å². The third-order valence-electron chi connectivity index (χ3n) is 4.72. The van der Waals surface area contributed by atoms with Crippen molar-refractivity contribution in [2.24, 2.45) is 0 Å². The lowest BCUT2D eigenvalue weighted by Crippen LogP contribution is -2.43. The van der Waals surface area contributed by atoms with Crippen molar-refractivity contribution >= 4 is 21.6 Å². The van der Waals surface area contributed by atoms with Crippen LogP contribution in [0, 0.1) is 13.8 Å². The molecule has 25 heavy (non-hydrogen) atoms. The van der Waals surface area contributed by atoms with E-state index in [4.69, 9.17) is 0 Å². The molecule has 132 valence electrons. The molecular weight excluding hydrogens is 336 g/mol. The van der Waals surface area contributed by atoms with Crippen LogP contribution in [-0.2, 0) is 14.8 Å². The maximum Gasteiger partial charge on any atom is 0.243 e. The van der Waals surface area contributed by atoms with E-state index in [1.54, 1.807) is 30.3 Å². The zero-order chi connectivity index (χ0) is 18.0. The van der Waals surface area contributed by atoms with E-state index >= 15 is 0 Å². The van der Waals surface area contributed by atoms with Crippen molar-refractivity contribution < 1.29 is 13.2 Å². The first kappa shape index (κ1) is 17.6. The molecule has 0 aromatic heterocycles. The number of aryl methyl sites for hydroxylation is 1. The average Bonchev–Trinajstić information content (AvgIpc) is 3.10. The van der Waals surface area contributed by atoms with Gasteiger partial charge in [-0.2, -0.15) is 4.31 Å². The van der Waals surface area contributed by atoms with Gasteiger partial charge in [-0.05, 0) is 56.0 Å². The molecule has 0 spiro atoms. The highest BCUT2D eigenvalue weighted by Gasteiger charge is 2.39. The van der Waals surface area contributed by atoms with Crippen molar-refractivity contribution in [2.45, 2.75) is 37.6 Å². The molecule has 1 atom stereocenters. The molecule has 1 unspecified atom stereocenters. The number of anilines is 1. The lowest BCUT2D eigenvalue weighted by atomic mass is 10.1. The molecule has 5 nitrogen and oxygen atoms in total. The Morgan fingerprint density at radius 2 is 1.80 bits per heavy atom. The molecular formula is C19H22N2O3S. The van der Waals surface area contributed by atoms with Crippen molar-refractivity contribution in [3.05, 3.63) is 59.7 Å². The van der Waals surface area contributed by atoms with Gasteiger partial charge in [-0.15, -0.1) is 0 Å². The number of amides is 1. The Morgan fingerprint density at radius 1 is 1.08 bits per heavy atom. The van der Waals surface area contributed by atoms with E-state index in [9.17, 15) is 13.2 Å². The number of nitrogens with zero attached hydrogens (tertiary/aromatic N) is 1. The Labute approximate surface area is 148 Å². The number of hydrogen-bond donors (Lipinski definition) is 1. The summed E-state index contributed by atoms with van der Waals surface area (Å²) in [5.74, 6) is -0.272. The Kier molecular flexibility index (Phi) is 4.92. The van der Waals surface area contributed by atoms with E-state index in [2.05, 4.69) is 5.32 Å². The van der Waals surface area contributed by atoms with Gasteiger partial charge in [0.2, 0.25) is 15.9 Å². The Morgan fingerprint density at radius 3 is 2.52 bits per heavy atom. The maximum atomic E-state index is 12.9. The summed E-state index contributed by atoms with van der Waals surface area (Å²) in [5.41, 5.74) is 2.80. The fourth-order valence-electron chi connectivity index (χ4n) is 3.12. The van der Waals surface area contributed by atoms with Gasteiger partial charge in [-0.1, -0.05) is 30.3 Å². The smallest absolute Gasteiger partial charge is 0.243 e. The van der Waals surface area contributed by atoms with Crippen molar-refractivity contribution in [3.63, 3.8) is 0 Å². The second-order valence-electron chi connectivity index (χ2n) is 6.32. The van der Waals surface area contributed by atoms with Crippen molar-refractivity contribution in [3.8, 4) is 0 Å². The number of sulfonamides is 1. The molecule has 1 heterocycles. The highest BCUT2D eigenvalue weighted by Crippen LogP contribution is 2.27. The molecule has 1 fully saturated rings. The van der Waals surface area contributed by atoms with Crippen LogP contribution in [0.25, 0.3) is 0 Å². The van der Waals surface area contributed by atoms with Crippen molar-refractivity contribution in [1.29, 1.82) is 0 Å². The van der Waals surface area contributed by atoms with Crippen LogP contribution in [0.15, 0.2) is 53.4 Å². The van der Waals surface area contributed by atoms with Gasteiger partial charge in [0.1, 0.15) is 6.04 Å². The highest BCUT2D eigenvalue weighted by molar-refractivity contribution is 7.89. The molecule has 0 bridgehead atoms. The number of carbonyl (C=O) groups excluding carboxylic acids is 1. The SMILES string of the molecule is Cc1cccc(NC(=O)C2CCCN2S(=O)(=O)c2ccccc2)c1C. The zero-order valence-electron chi connectivity index (χ0n) is 14.4. The molecule has 6 heteroatoms. The first-order valence-corrected chi connectivity index (χ1v) is 9.79. The predicted octanol–water partition coefficient (Wildman–Crippen LogP) is 3.10. The maximum absolute atomic E-state index is 12.9. The predicted molar refractivity (Wildman–Crippen MR) is 97.9 cm³/mol. The first-order valence-electron chi connectivity index (χ1n) is 8.35. The molecule has 1 N–H and O–H groups in total. The molecule has 0 aliphatic carbocycles. The molecule has 1 saturated heterocycles.